The van der Waals surface area contributed by atoms with Crippen molar-refractivity contribution in [2.45, 2.75) is 6.92 Å². The Morgan fingerprint density at radius 1 is 1.36 bits per heavy atom. The lowest BCUT2D eigenvalue weighted by Crippen LogP contribution is -2.12. The molecule has 0 saturated heterocycles. The van der Waals surface area contributed by atoms with E-state index in [2.05, 4.69) is 0 Å². The molecule has 0 spiro atoms. The van der Waals surface area contributed by atoms with E-state index in [0.29, 0.717) is 11.0 Å². The maximum atomic E-state index is 10.8. The Hall–Kier alpha value is -1.09. The minimum Gasteiger partial charge on any atom is -0.450 e. The topological polar surface area (TPSA) is 37.3 Å². The monoisotopic (exact) mass is 147 g/mol. The molecular formula is C8H8BO2. The van der Waals surface area contributed by atoms with Crippen LogP contribution in [-0.2, 0) is 0 Å². The molecule has 0 atom stereocenters. The molecule has 0 heterocycles. The quantitative estimate of drug-likeness (QED) is 0.476. The second-order valence-corrected chi connectivity index (χ2v) is 2.31. The summed E-state index contributed by atoms with van der Waals surface area (Å²) in [5.41, 5.74) is 1.37. The Kier molecular flexibility index (Phi) is 2.44. The van der Waals surface area contributed by atoms with Crippen molar-refractivity contribution in [2.24, 2.45) is 0 Å². The highest BCUT2D eigenvalue weighted by molar-refractivity contribution is 6.45. The Morgan fingerprint density at radius 3 is 2.27 bits per heavy atom. The van der Waals surface area contributed by atoms with Gasteiger partial charge in [0.2, 0.25) is 0 Å². The lowest BCUT2D eigenvalue weighted by atomic mass is 9.88. The lowest BCUT2D eigenvalue weighted by Gasteiger charge is -1.95. The highest BCUT2D eigenvalue weighted by atomic mass is 16.2. The lowest BCUT2D eigenvalue weighted by molar-refractivity contribution is 0.101. The molecule has 1 aromatic rings. The van der Waals surface area contributed by atoms with Gasteiger partial charge in [0.05, 0.1) is 0 Å². The predicted molar refractivity (Wildman–Crippen MR) is 44.1 cm³/mol. The van der Waals surface area contributed by atoms with Crippen molar-refractivity contribution in [3.05, 3.63) is 29.8 Å². The van der Waals surface area contributed by atoms with E-state index < -0.39 is 0 Å². The van der Waals surface area contributed by atoms with Gasteiger partial charge < -0.3 is 5.02 Å². The number of ketones is 1. The number of carbonyl (C=O) groups is 1. The molecule has 0 aliphatic carbocycles. The van der Waals surface area contributed by atoms with Crippen molar-refractivity contribution in [1.29, 1.82) is 0 Å². The van der Waals surface area contributed by atoms with E-state index in [1.54, 1.807) is 24.3 Å². The van der Waals surface area contributed by atoms with E-state index in [4.69, 9.17) is 5.02 Å². The van der Waals surface area contributed by atoms with Crippen LogP contribution >= 0.6 is 0 Å². The molecule has 0 fully saturated rings. The molecule has 0 unspecified atom stereocenters. The summed E-state index contributed by atoms with van der Waals surface area (Å²) in [6, 6.07) is 6.75. The van der Waals surface area contributed by atoms with Gasteiger partial charge in [-0.1, -0.05) is 29.7 Å². The molecule has 0 amide bonds. The van der Waals surface area contributed by atoms with Crippen LogP contribution in [0.3, 0.4) is 0 Å². The van der Waals surface area contributed by atoms with Crippen LogP contribution in [0, 0.1) is 0 Å². The number of benzene rings is 1. The van der Waals surface area contributed by atoms with Gasteiger partial charge in [-0.05, 0) is 6.92 Å². The molecule has 0 aromatic heterocycles. The second kappa shape index (κ2) is 3.35. The van der Waals surface area contributed by atoms with E-state index in [1.165, 1.54) is 6.92 Å². The smallest absolute Gasteiger partial charge is 0.326 e. The van der Waals surface area contributed by atoms with Crippen molar-refractivity contribution in [3.63, 3.8) is 0 Å². The fourth-order valence-electron chi connectivity index (χ4n) is 0.804. The summed E-state index contributed by atoms with van der Waals surface area (Å²) in [6.07, 6.45) is 0. The fraction of sp³-hybridized carbons (Fsp3) is 0.125. The van der Waals surface area contributed by atoms with Crippen LogP contribution in [0.4, 0.5) is 0 Å². The number of carbonyl (C=O) groups excluding carboxylic acids is 1. The highest BCUT2D eigenvalue weighted by Gasteiger charge is 1.97. The first-order valence-electron chi connectivity index (χ1n) is 3.32. The first kappa shape index (κ1) is 8.02. The average Bonchev–Trinajstić information content (AvgIpc) is 2.05. The molecule has 0 bridgehead atoms. The number of hydrogen-bond acceptors (Lipinski definition) is 2. The van der Waals surface area contributed by atoms with Crippen LogP contribution < -0.4 is 5.46 Å². The molecule has 0 aliphatic heterocycles. The number of rotatable bonds is 2. The Labute approximate surface area is 66.1 Å². The van der Waals surface area contributed by atoms with Gasteiger partial charge in [0.1, 0.15) is 0 Å². The standard InChI is InChI=1S/C8H8BO2/c1-6(10)7-2-4-8(9-11)5-3-7/h2-5,11H,1H3. The van der Waals surface area contributed by atoms with Gasteiger partial charge in [-0.3, -0.25) is 4.79 Å². The van der Waals surface area contributed by atoms with E-state index in [9.17, 15) is 4.79 Å². The zero-order valence-corrected chi connectivity index (χ0v) is 6.24. The highest BCUT2D eigenvalue weighted by Crippen LogP contribution is 1.96. The normalized spacial score (nSPS) is 9.27. The van der Waals surface area contributed by atoms with Crippen molar-refractivity contribution < 1.29 is 9.82 Å². The van der Waals surface area contributed by atoms with E-state index in [-0.39, 0.29) is 5.78 Å². The Balaban J connectivity index is 2.91. The van der Waals surface area contributed by atoms with Crippen LogP contribution in [0.25, 0.3) is 0 Å². The molecule has 0 saturated carbocycles. The fourth-order valence-corrected chi connectivity index (χ4v) is 0.804. The van der Waals surface area contributed by atoms with Crippen LogP contribution in [0.2, 0.25) is 0 Å². The van der Waals surface area contributed by atoms with Gasteiger partial charge >= 0.3 is 7.48 Å². The summed E-state index contributed by atoms with van der Waals surface area (Å²) in [5, 5.41) is 8.56. The SMILES string of the molecule is CC(=O)c1ccc([B]O)cc1. The van der Waals surface area contributed by atoms with Gasteiger partial charge in [-0.15, -0.1) is 0 Å². The minimum atomic E-state index is 0.0366. The maximum absolute atomic E-state index is 10.8. The van der Waals surface area contributed by atoms with Crippen LogP contribution in [0.5, 0.6) is 0 Å². The van der Waals surface area contributed by atoms with Gasteiger partial charge in [-0.2, -0.15) is 0 Å². The number of hydrogen-bond donors (Lipinski definition) is 1. The third-order valence-electron chi connectivity index (χ3n) is 1.47. The van der Waals surface area contributed by atoms with Gasteiger partial charge in [-0.25, -0.2) is 0 Å². The molecule has 0 aliphatic rings. The summed E-state index contributed by atoms with van der Waals surface area (Å²) in [6.45, 7) is 1.51. The second-order valence-electron chi connectivity index (χ2n) is 2.31. The van der Waals surface area contributed by atoms with Gasteiger partial charge in [0, 0.05) is 5.56 Å². The summed E-state index contributed by atoms with van der Waals surface area (Å²) in [7, 11) is 1.00. The molecule has 1 N–H and O–H groups in total. The van der Waals surface area contributed by atoms with Crippen molar-refractivity contribution in [3.8, 4) is 0 Å². The third kappa shape index (κ3) is 1.92. The molecular weight excluding hydrogens is 139 g/mol. The predicted octanol–water partition coefficient (Wildman–Crippen LogP) is 0.126. The molecule has 1 radical (unpaired) electrons. The van der Waals surface area contributed by atoms with Crippen LogP contribution in [-0.4, -0.2) is 18.3 Å². The molecule has 1 rings (SSSR count). The summed E-state index contributed by atoms with van der Waals surface area (Å²) >= 11 is 0. The Bertz CT molecular complexity index is 253. The van der Waals surface area contributed by atoms with Crippen molar-refractivity contribution in [1.82, 2.24) is 0 Å². The maximum Gasteiger partial charge on any atom is 0.326 e. The van der Waals surface area contributed by atoms with Gasteiger partial charge in [0.15, 0.2) is 5.78 Å². The zero-order valence-electron chi connectivity index (χ0n) is 6.24. The zero-order chi connectivity index (χ0) is 8.27. The van der Waals surface area contributed by atoms with Crippen LogP contribution in [0.15, 0.2) is 24.3 Å². The largest absolute Gasteiger partial charge is 0.450 e. The first-order valence-corrected chi connectivity index (χ1v) is 3.32. The first-order chi connectivity index (χ1) is 5.24. The minimum absolute atomic E-state index is 0.0366. The number of Topliss-reactive ketones (excluding diaryl/α,β-unsaturated/α-hetero) is 1. The molecule has 3 heteroatoms. The molecule has 2 nitrogen and oxygen atoms in total. The van der Waals surface area contributed by atoms with E-state index >= 15 is 0 Å². The van der Waals surface area contributed by atoms with Crippen molar-refractivity contribution in [2.75, 3.05) is 0 Å². The van der Waals surface area contributed by atoms with E-state index in [1.807, 2.05) is 0 Å². The van der Waals surface area contributed by atoms with E-state index in [0.717, 1.165) is 7.48 Å². The summed E-state index contributed by atoms with van der Waals surface area (Å²) < 4.78 is 0. The average molecular weight is 147 g/mol. The van der Waals surface area contributed by atoms with Crippen LogP contribution in [0.1, 0.15) is 17.3 Å². The third-order valence-corrected chi connectivity index (χ3v) is 1.47. The molecule has 11 heavy (non-hydrogen) atoms. The molecule has 1 aromatic carbocycles. The summed E-state index contributed by atoms with van der Waals surface area (Å²) in [4.78, 5) is 10.8. The molecule has 55 valence electrons. The summed E-state index contributed by atoms with van der Waals surface area (Å²) in [5.74, 6) is 0.0366. The van der Waals surface area contributed by atoms with Gasteiger partial charge in [0.25, 0.3) is 0 Å². The Morgan fingerprint density at radius 2 is 1.91 bits per heavy atom. The van der Waals surface area contributed by atoms with Crippen molar-refractivity contribution >= 4 is 18.7 Å².